The molecule has 0 radical (unpaired) electrons. The van der Waals surface area contributed by atoms with Gasteiger partial charge in [-0.3, -0.25) is 19.3 Å². The van der Waals surface area contributed by atoms with Crippen LogP contribution in [0.15, 0.2) is 47.4 Å². The van der Waals surface area contributed by atoms with Crippen LogP contribution in [0.3, 0.4) is 0 Å². The van der Waals surface area contributed by atoms with Crippen molar-refractivity contribution in [2.24, 2.45) is 0 Å². The number of nitrogens with zero attached hydrogens (tertiary/aromatic N) is 2. The molecule has 1 fully saturated rings. The highest BCUT2D eigenvalue weighted by molar-refractivity contribution is 8.18. The molecule has 2 aliphatic heterocycles. The van der Waals surface area contributed by atoms with E-state index >= 15 is 0 Å². The summed E-state index contributed by atoms with van der Waals surface area (Å²) in [7, 11) is 1.27. The lowest BCUT2D eigenvalue weighted by molar-refractivity contribution is -0.143. The topological polar surface area (TPSA) is 102 Å². The monoisotopic (exact) mass is 510 g/mol. The number of carbonyl (C=O) groups is 4. The van der Waals surface area contributed by atoms with Crippen LogP contribution in [0.4, 0.5) is 4.79 Å². The van der Waals surface area contributed by atoms with Crippen molar-refractivity contribution >= 4 is 40.9 Å². The van der Waals surface area contributed by atoms with Crippen molar-refractivity contribution in [2.75, 3.05) is 33.4 Å². The Balaban J connectivity index is 1.44. The minimum atomic E-state index is -0.529. The first-order valence-electron chi connectivity index (χ1n) is 11.5. The molecule has 36 heavy (non-hydrogen) atoms. The molecule has 0 bridgehead atoms. The molecule has 0 spiro atoms. The lowest BCUT2D eigenvalue weighted by atomic mass is 10.00. The van der Waals surface area contributed by atoms with Gasteiger partial charge in [-0.05, 0) is 60.0 Å². The van der Waals surface area contributed by atoms with Gasteiger partial charge in [0, 0.05) is 13.1 Å². The lowest BCUT2D eigenvalue weighted by Crippen LogP contribution is -2.44. The Kier molecular flexibility index (Phi) is 7.94. The highest BCUT2D eigenvalue weighted by atomic mass is 32.2. The number of imide groups is 1. The fourth-order valence-electron chi connectivity index (χ4n) is 3.93. The number of benzene rings is 2. The summed E-state index contributed by atoms with van der Waals surface area (Å²) in [5, 5.41) is -0.486. The highest BCUT2D eigenvalue weighted by Crippen LogP contribution is 2.35. The third kappa shape index (κ3) is 5.71. The fourth-order valence-corrected chi connectivity index (χ4v) is 4.77. The third-order valence-corrected chi connectivity index (χ3v) is 6.70. The van der Waals surface area contributed by atoms with Gasteiger partial charge in [0.15, 0.2) is 18.1 Å². The van der Waals surface area contributed by atoms with E-state index in [1.165, 1.54) is 12.7 Å². The van der Waals surface area contributed by atoms with Gasteiger partial charge in [-0.2, -0.15) is 0 Å². The molecule has 2 aliphatic rings. The number of esters is 1. The minimum absolute atomic E-state index is 0.211. The number of hydrogen-bond acceptors (Lipinski definition) is 8. The van der Waals surface area contributed by atoms with Gasteiger partial charge in [0.05, 0.1) is 18.6 Å². The molecular weight excluding hydrogens is 484 g/mol. The van der Waals surface area contributed by atoms with Crippen molar-refractivity contribution in [3.05, 3.63) is 64.1 Å². The second-order valence-electron chi connectivity index (χ2n) is 8.11. The molecule has 4 rings (SSSR count). The number of ether oxygens (including phenoxy) is 3. The van der Waals surface area contributed by atoms with Gasteiger partial charge in [0.2, 0.25) is 5.91 Å². The number of carbonyl (C=O) groups excluding carboxylic acids is 4. The van der Waals surface area contributed by atoms with Gasteiger partial charge in [-0.15, -0.1) is 0 Å². The molecule has 188 valence electrons. The summed E-state index contributed by atoms with van der Waals surface area (Å²) in [4.78, 5) is 52.7. The van der Waals surface area contributed by atoms with E-state index in [0.717, 1.165) is 28.6 Å². The molecule has 1 saturated heterocycles. The normalized spacial score (nSPS) is 16.2. The van der Waals surface area contributed by atoms with Crippen LogP contribution in [0.2, 0.25) is 0 Å². The Bertz CT molecular complexity index is 1230. The summed E-state index contributed by atoms with van der Waals surface area (Å²) < 4.78 is 15.6. The maximum Gasteiger partial charge on any atom is 0.343 e. The second kappa shape index (κ2) is 11.3. The van der Waals surface area contributed by atoms with E-state index in [1.807, 2.05) is 24.3 Å². The molecule has 9 nitrogen and oxygen atoms in total. The van der Waals surface area contributed by atoms with Crippen molar-refractivity contribution in [1.82, 2.24) is 9.80 Å². The van der Waals surface area contributed by atoms with E-state index in [4.69, 9.17) is 9.47 Å². The lowest BCUT2D eigenvalue weighted by Gasteiger charge is -2.29. The number of amides is 3. The SMILES string of the molecule is CCOc1cc(/C=C2/SC(=O)N(CC(=O)N3CCc4ccccc4C3)C2=O)ccc1OCC(=O)OC. The highest BCUT2D eigenvalue weighted by Gasteiger charge is 2.37. The zero-order valence-corrected chi connectivity index (χ0v) is 20.8. The summed E-state index contributed by atoms with van der Waals surface area (Å²) >= 11 is 0.789. The number of methoxy groups -OCH3 is 1. The molecule has 0 N–H and O–H groups in total. The van der Waals surface area contributed by atoms with Gasteiger partial charge in [0.25, 0.3) is 11.1 Å². The van der Waals surface area contributed by atoms with Gasteiger partial charge < -0.3 is 19.1 Å². The number of rotatable bonds is 8. The van der Waals surface area contributed by atoms with Gasteiger partial charge in [0.1, 0.15) is 6.54 Å². The summed E-state index contributed by atoms with van der Waals surface area (Å²) in [5.41, 5.74) is 2.90. The Morgan fingerprint density at radius 3 is 2.58 bits per heavy atom. The average Bonchev–Trinajstić information content (AvgIpc) is 3.15. The summed E-state index contributed by atoms with van der Waals surface area (Å²) in [6.07, 6.45) is 2.31. The van der Waals surface area contributed by atoms with Crippen molar-refractivity contribution in [3.8, 4) is 11.5 Å². The van der Waals surface area contributed by atoms with Crippen LogP contribution >= 0.6 is 11.8 Å². The molecule has 0 saturated carbocycles. The van der Waals surface area contributed by atoms with Crippen LogP contribution in [-0.4, -0.2) is 66.2 Å². The van der Waals surface area contributed by atoms with Crippen molar-refractivity contribution in [1.29, 1.82) is 0 Å². The average molecular weight is 511 g/mol. The van der Waals surface area contributed by atoms with E-state index in [0.29, 0.717) is 36.8 Å². The Morgan fingerprint density at radius 1 is 1.06 bits per heavy atom. The van der Waals surface area contributed by atoms with Crippen LogP contribution < -0.4 is 9.47 Å². The van der Waals surface area contributed by atoms with Crippen molar-refractivity contribution < 1.29 is 33.4 Å². The fraction of sp³-hybridized carbons (Fsp3) is 0.308. The third-order valence-electron chi connectivity index (χ3n) is 5.79. The Labute approximate surface area is 213 Å². The maximum atomic E-state index is 13.0. The first-order valence-corrected chi connectivity index (χ1v) is 12.3. The molecule has 0 atom stereocenters. The van der Waals surface area contributed by atoms with E-state index < -0.39 is 17.1 Å². The van der Waals surface area contributed by atoms with Gasteiger partial charge in [-0.1, -0.05) is 30.3 Å². The minimum Gasteiger partial charge on any atom is -0.490 e. The first kappa shape index (κ1) is 25.3. The number of fused-ring (bicyclic) bond motifs is 1. The molecule has 0 unspecified atom stereocenters. The van der Waals surface area contributed by atoms with Gasteiger partial charge >= 0.3 is 5.97 Å². The second-order valence-corrected chi connectivity index (χ2v) is 9.10. The van der Waals surface area contributed by atoms with Crippen LogP contribution in [0.5, 0.6) is 11.5 Å². The zero-order chi connectivity index (χ0) is 25.7. The van der Waals surface area contributed by atoms with Crippen LogP contribution in [0.25, 0.3) is 6.08 Å². The summed E-state index contributed by atoms with van der Waals surface area (Å²) in [5.74, 6) is -0.576. The molecule has 10 heteroatoms. The van der Waals surface area contributed by atoms with Crippen LogP contribution in [0.1, 0.15) is 23.6 Å². The standard InChI is InChI=1S/C26H26N2O7S/c1-3-34-21-12-17(8-9-20(21)35-16-24(30)33-2)13-22-25(31)28(26(32)36-22)15-23(29)27-11-10-18-6-4-5-7-19(18)14-27/h4-9,12-13H,3,10-11,14-16H2,1-2H3/b22-13+. The zero-order valence-electron chi connectivity index (χ0n) is 20.0. The molecule has 2 heterocycles. The van der Waals surface area contributed by atoms with E-state index in [1.54, 1.807) is 36.1 Å². The smallest absolute Gasteiger partial charge is 0.343 e. The summed E-state index contributed by atoms with van der Waals surface area (Å²) in [6, 6.07) is 12.9. The molecule has 0 aromatic heterocycles. The van der Waals surface area contributed by atoms with Gasteiger partial charge in [-0.25, -0.2) is 4.79 Å². The molecule has 2 aromatic carbocycles. The maximum absolute atomic E-state index is 13.0. The molecule has 3 amide bonds. The van der Waals surface area contributed by atoms with E-state index in [9.17, 15) is 19.2 Å². The molecular formula is C26H26N2O7S. The first-order chi connectivity index (χ1) is 17.4. The summed E-state index contributed by atoms with van der Waals surface area (Å²) in [6.45, 7) is 2.61. The number of thioether (sulfide) groups is 1. The molecule has 2 aromatic rings. The quantitative estimate of drug-likeness (QED) is 0.394. The molecule has 0 aliphatic carbocycles. The van der Waals surface area contributed by atoms with Crippen LogP contribution in [-0.2, 0) is 32.1 Å². The Morgan fingerprint density at radius 2 is 1.83 bits per heavy atom. The van der Waals surface area contributed by atoms with Crippen molar-refractivity contribution in [3.63, 3.8) is 0 Å². The van der Waals surface area contributed by atoms with Crippen molar-refractivity contribution in [2.45, 2.75) is 19.9 Å². The number of hydrogen-bond donors (Lipinski definition) is 0. The van der Waals surface area contributed by atoms with Crippen LogP contribution in [0, 0.1) is 0 Å². The predicted octanol–water partition coefficient (Wildman–Crippen LogP) is 3.26. The predicted molar refractivity (Wildman–Crippen MR) is 133 cm³/mol. The Hall–Kier alpha value is -3.79. The van der Waals surface area contributed by atoms with E-state index in [-0.39, 0.29) is 24.0 Å². The van der Waals surface area contributed by atoms with E-state index in [2.05, 4.69) is 4.74 Å². The largest absolute Gasteiger partial charge is 0.490 e.